The lowest BCUT2D eigenvalue weighted by molar-refractivity contribution is -0.134. The number of carbonyl (C=O) groups excluding carboxylic acids is 3. The molecule has 4 aromatic heterocycles. The summed E-state index contributed by atoms with van der Waals surface area (Å²) in [5.41, 5.74) is 7.92. The number of benzene rings is 2. The van der Waals surface area contributed by atoms with E-state index in [1.165, 1.54) is 5.56 Å². The predicted octanol–water partition coefficient (Wildman–Crippen LogP) is 5.73. The zero-order valence-electron chi connectivity index (χ0n) is 32.3. The number of nitrogens with zero attached hydrogens (tertiary/aromatic N) is 5. The molecule has 1 atom stereocenters. The molecule has 2 saturated heterocycles. The van der Waals surface area contributed by atoms with E-state index in [4.69, 9.17) is 14.3 Å². The molecule has 2 aromatic carbocycles. The molecule has 2 N–H and O–H groups in total. The summed E-state index contributed by atoms with van der Waals surface area (Å²) in [5.74, 6) is 6.04. The third kappa shape index (κ3) is 7.00. The van der Waals surface area contributed by atoms with E-state index >= 15 is 0 Å². The summed E-state index contributed by atoms with van der Waals surface area (Å²) < 4.78 is 13.3. The number of ether oxygens (including phenoxy) is 1. The first-order valence-corrected chi connectivity index (χ1v) is 19.7. The number of amides is 3. The largest absolute Gasteiger partial charge is 0.448 e. The van der Waals surface area contributed by atoms with E-state index in [9.17, 15) is 19.2 Å². The van der Waals surface area contributed by atoms with Crippen LogP contribution in [0.15, 0.2) is 76.1 Å². The van der Waals surface area contributed by atoms with Crippen LogP contribution in [0.2, 0.25) is 0 Å². The second-order valence-corrected chi connectivity index (χ2v) is 15.2. The molecule has 0 saturated carbocycles. The van der Waals surface area contributed by atoms with E-state index in [1.807, 2.05) is 38.2 Å². The summed E-state index contributed by atoms with van der Waals surface area (Å²) in [6, 6.07) is 19.2. The average molecular weight is 776 g/mol. The Bertz CT molecular complexity index is 2750. The van der Waals surface area contributed by atoms with Crippen molar-refractivity contribution in [2.24, 2.45) is 7.05 Å². The molecule has 292 valence electrons. The molecule has 13 heteroatoms. The maximum absolute atomic E-state index is 13.0. The highest BCUT2D eigenvalue weighted by atomic mass is 16.5. The maximum atomic E-state index is 13.0. The number of piperidine rings is 1. The van der Waals surface area contributed by atoms with Crippen LogP contribution in [-0.4, -0.2) is 63.8 Å². The molecule has 3 aliphatic rings. The van der Waals surface area contributed by atoms with Crippen LogP contribution in [0.25, 0.3) is 33.1 Å². The molecule has 6 aromatic rings. The van der Waals surface area contributed by atoms with Crippen molar-refractivity contribution in [1.82, 2.24) is 30.4 Å². The van der Waals surface area contributed by atoms with Gasteiger partial charge in [0.1, 0.15) is 11.3 Å². The van der Waals surface area contributed by atoms with Gasteiger partial charge in [-0.2, -0.15) is 0 Å². The number of hydrogen-bond donors (Lipinski definition) is 2. The van der Waals surface area contributed by atoms with Crippen LogP contribution >= 0.6 is 0 Å². The number of carbonyl (C=O) groups is 3. The topological polar surface area (TPSA) is 162 Å². The SMILES string of the molecule is Cc1cc2c(N3CCCc4cc(-c5ccc(C(=O)NCC#Cc6cc7c(C8CCC(=O)NC8=O)cccc7o6)nc5)nnc43)cc(C3CCOCC3)cc2n(C)c1=O. The van der Waals surface area contributed by atoms with Crippen LogP contribution in [0.3, 0.4) is 0 Å². The van der Waals surface area contributed by atoms with E-state index in [1.54, 1.807) is 29.0 Å². The number of hydrogen-bond acceptors (Lipinski definition) is 10. The van der Waals surface area contributed by atoms with Crippen molar-refractivity contribution in [2.45, 2.75) is 57.3 Å². The highest BCUT2D eigenvalue weighted by Gasteiger charge is 2.30. The Labute approximate surface area is 333 Å². The van der Waals surface area contributed by atoms with Gasteiger partial charge in [0.25, 0.3) is 11.5 Å². The Morgan fingerprint density at radius 3 is 2.66 bits per heavy atom. The summed E-state index contributed by atoms with van der Waals surface area (Å²) in [6.07, 6.45) is 5.99. The number of nitrogens with one attached hydrogen (secondary N) is 2. The van der Waals surface area contributed by atoms with Crippen molar-refractivity contribution in [2.75, 3.05) is 31.2 Å². The van der Waals surface area contributed by atoms with Crippen LogP contribution in [0.4, 0.5) is 11.5 Å². The van der Waals surface area contributed by atoms with E-state index in [2.05, 4.69) is 55.7 Å². The van der Waals surface area contributed by atoms with Crippen LogP contribution in [0.5, 0.6) is 0 Å². The van der Waals surface area contributed by atoms with E-state index < -0.39 is 5.92 Å². The number of fused-ring (bicyclic) bond motifs is 3. The van der Waals surface area contributed by atoms with Crippen LogP contribution in [0, 0.1) is 18.8 Å². The molecule has 0 radical (unpaired) electrons. The Kier molecular flexibility index (Phi) is 9.79. The molecule has 1 unspecified atom stereocenters. The van der Waals surface area contributed by atoms with Gasteiger partial charge >= 0.3 is 0 Å². The fourth-order valence-electron chi connectivity index (χ4n) is 8.42. The zero-order chi connectivity index (χ0) is 39.9. The lowest BCUT2D eigenvalue weighted by Gasteiger charge is -2.32. The molecule has 3 amide bonds. The molecule has 2 fully saturated rings. The first-order valence-electron chi connectivity index (χ1n) is 19.7. The van der Waals surface area contributed by atoms with Crippen molar-refractivity contribution < 1.29 is 23.5 Å². The smallest absolute Gasteiger partial charge is 0.270 e. The van der Waals surface area contributed by atoms with Gasteiger partial charge in [-0.25, -0.2) is 0 Å². The average Bonchev–Trinajstić information content (AvgIpc) is 3.68. The van der Waals surface area contributed by atoms with Gasteiger partial charge in [-0.1, -0.05) is 18.1 Å². The van der Waals surface area contributed by atoms with Crippen molar-refractivity contribution in [1.29, 1.82) is 0 Å². The van der Waals surface area contributed by atoms with Gasteiger partial charge in [0.05, 0.1) is 29.4 Å². The molecule has 7 heterocycles. The number of aryl methyl sites for hydroxylation is 3. The third-order valence-corrected chi connectivity index (χ3v) is 11.5. The van der Waals surface area contributed by atoms with Gasteiger partial charge in [-0.3, -0.25) is 29.5 Å². The molecule has 0 spiro atoms. The second kappa shape index (κ2) is 15.4. The second-order valence-electron chi connectivity index (χ2n) is 15.2. The van der Waals surface area contributed by atoms with Gasteiger partial charge in [0, 0.05) is 67.4 Å². The number of pyridine rings is 2. The standard InChI is InChI=1S/C45H41N7O6/c1-26-20-35-38(51(2)45(26)56)22-30(27-14-18-57-19-15-27)23-39(35)52-17-5-6-28-21-37(49-50-42(28)52)29-10-12-36(47-25-29)44(55)46-16-4-7-31-24-34-32(8-3-9-40(34)58-31)33-11-13-41(53)48-43(33)54/h3,8-10,12,20-25,27,33H,5-6,11,13-19H2,1-2H3,(H,46,55)(H,48,53,54). The molecule has 3 aliphatic heterocycles. The predicted molar refractivity (Wildman–Crippen MR) is 218 cm³/mol. The highest BCUT2D eigenvalue weighted by molar-refractivity contribution is 6.03. The summed E-state index contributed by atoms with van der Waals surface area (Å²) in [4.78, 5) is 56.8. The Balaban J connectivity index is 0.901. The number of anilines is 2. The van der Waals surface area contributed by atoms with Crippen LogP contribution < -0.4 is 21.1 Å². The molecule has 9 rings (SSSR count). The molecule has 13 nitrogen and oxygen atoms in total. The summed E-state index contributed by atoms with van der Waals surface area (Å²) >= 11 is 0. The van der Waals surface area contributed by atoms with Crippen LogP contribution in [0.1, 0.15) is 82.4 Å². The van der Waals surface area contributed by atoms with Gasteiger partial charge in [-0.05, 0) is 110 Å². The molecule has 0 aliphatic carbocycles. The van der Waals surface area contributed by atoms with Crippen molar-refractivity contribution >= 4 is 51.1 Å². The first-order chi connectivity index (χ1) is 28.2. The van der Waals surface area contributed by atoms with Crippen molar-refractivity contribution in [3.8, 4) is 23.1 Å². The molecular weight excluding hydrogens is 735 g/mol. The van der Waals surface area contributed by atoms with Gasteiger partial charge in [-0.15, -0.1) is 10.2 Å². The normalized spacial score (nSPS) is 17.1. The fraction of sp³-hybridized carbons (Fsp3) is 0.311. The lowest BCUT2D eigenvalue weighted by Crippen LogP contribution is -2.39. The fourth-order valence-corrected chi connectivity index (χ4v) is 8.42. The molecule has 58 heavy (non-hydrogen) atoms. The minimum absolute atomic E-state index is 0.000410. The van der Waals surface area contributed by atoms with Gasteiger partial charge in [0.15, 0.2) is 11.6 Å². The van der Waals surface area contributed by atoms with Gasteiger partial charge in [0.2, 0.25) is 11.8 Å². The Hall–Kier alpha value is -6.65. The summed E-state index contributed by atoms with van der Waals surface area (Å²) in [5, 5.41) is 16.4. The lowest BCUT2D eigenvalue weighted by atomic mass is 9.88. The minimum atomic E-state index is -0.441. The minimum Gasteiger partial charge on any atom is -0.448 e. The number of rotatable bonds is 6. The highest BCUT2D eigenvalue weighted by Crippen LogP contribution is 2.40. The Morgan fingerprint density at radius 1 is 0.983 bits per heavy atom. The van der Waals surface area contributed by atoms with Gasteiger partial charge < -0.3 is 23.9 Å². The maximum Gasteiger partial charge on any atom is 0.270 e. The summed E-state index contributed by atoms with van der Waals surface area (Å²) in [7, 11) is 1.84. The van der Waals surface area contributed by atoms with Crippen LogP contribution in [-0.2, 0) is 27.8 Å². The third-order valence-electron chi connectivity index (χ3n) is 11.5. The zero-order valence-corrected chi connectivity index (χ0v) is 32.3. The quantitative estimate of drug-likeness (QED) is 0.158. The monoisotopic (exact) mass is 775 g/mol. The van der Waals surface area contributed by atoms with E-state index in [0.29, 0.717) is 34.9 Å². The number of aromatic nitrogens is 4. The summed E-state index contributed by atoms with van der Waals surface area (Å²) in [6.45, 7) is 4.15. The van der Waals surface area contributed by atoms with Crippen molar-refractivity contribution in [3.63, 3.8) is 0 Å². The number of furan rings is 1. The first kappa shape index (κ1) is 37.0. The number of imide groups is 1. The van der Waals surface area contributed by atoms with E-state index in [-0.39, 0.29) is 41.9 Å². The Morgan fingerprint density at radius 2 is 1.84 bits per heavy atom. The molecular formula is C45H41N7O6. The van der Waals surface area contributed by atoms with E-state index in [0.717, 1.165) is 89.9 Å². The van der Waals surface area contributed by atoms with Crippen molar-refractivity contribution in [3.05, 3.63) is 111 Å². The molecule has 0 bridgehead atoms.